The Bertz CT molecular complexity index is 1200. The number of phenols is 1. The van der Waals surface area contributed by atoms with E-state index < -0.39 is 14.6 Å². The van der Waals surface area contributed by atoms with Crippen LogP contribution in [0.5, 0.6) is 5.75 Å². The van der Waals surface area contributed by atoms with Crippen molar-refractivity contribution in [2.45, 2.75) is 16.1 Å². The van der Waals surface area contributed by atoms with E-state index in [0.717, 1.165) is 5.56 Å². The molecule has 4 rings (SSSR count). The lowest BCUT2D eigenvalue weighted by molar-refractivity contribution is 0.422. The molecule has 1 atom stereocenters. The lowest BCUT2D eigenvalue weighted by atomic mass is 9.91. The first-order valence-corrected chi connectivity index (χ1v) is 10.7. The molecule has 3 aromatic rings. The van der Waals surface area contributed by atoms with Crippen molar-refractivity contribution < 1.29 is 18.6 Å². The zero-order valence-electron chi connectivity index (χ0n) is 15.6. The predicted octanol–water partition coefficient (Wildman–Crippen LogP) is 5.13. The van der Waals surface area contributed by atoms with Gasteiger partial charge in [0.1, 0.15) is 16.3 Å². The minimum atomic E-state index is -3.90. The van der Waals surface area contributed by atoms with E-state index in [9.17, 15) is 18.6 Å². The summed E-state index contributed by atoms with van der Waals surface area (Å²) in [4.78, 5) is 0.109. The number of hydrogen-bond donors (Lipinski definition) is 2. The number of phenolic OH excluding ortho intramolecular Hbond substituents is 1. The highest BCUT2D eigenvalue weighted by Gasteiger charge is 2.44. The molecule has 0 heterocycles. The van der Waals surface area contributed by atoms with E-state index in [4.69, 9.17) is 0 Å². The van der Waals surface area contributed by atoms with Crippen molar-refractivity contribution >= 4 is 9.84 Å². The lowest BCUT2D eigenvalue weighted by Gasteiger charge is -2.32. The maximum atomic E-state index is 13.9. The maximum Gasteiger partial charge on any atom is 0.192 e. The Morgan fingerprint density at radius 2 is 1.48 bits per heavy atom. The summed E-state index contributed by atoms with van der Waals surface area (Å²) < 4.78 is 26.4. The first-order chi connectivity index (χ1) is 13.9. The van der Waals surface area contributed by atoms with Gasteiger partial charge in [0.2, 0.25) is 0 Å². The van der Waals surface area contributed by atoms with Crippen molar-refractivity contribution in [3.63, 3.8) is 0 Å². The molecule has 0 aliphatic heterocycles. The number of aliphatic hydroxyl groups is 1. The predicted molar refractivity (Wildman–Crippen MR) is 113 cm³/mol. The summed E-state index contributed by atoms with van der Waals surface area (Å²) in [5.41, 5.74) is 1.80. The first kappa shape index (κ1) is 19.0. The summed E-state index contributed by atoms with van der Waals surface area (Å²) in [5.74, 6) is 0.0584. The molecule has 5 heteroatoms. The number of allylic oxidation sites excluding steroid dienone is 2. The van der Waals surface area contributed by atoms with E-state index in [1.165, 1.54) is 30.4 Å². The summed E-state index contributed by atoms with van der Waals surface area (Å²) in [6, 6.07) is 22.5. The van der Waals surface area contributed by atoms with Crippen LogP contribution in [0.4, 0.5) is 0 Å². The molecular formula is C24H20O4S. The smallest absolute Gasteiger partial charge is 0.192 e. The second-order valence-corrected chi connectivity index (χ2v) is 9.18. The van der Waals surface area contributed by atoms with Crippen LogP contribution < -0.4 is 0 Å². The summed E-state index contributed by atoms with van der Waals surface area (Å²) in [5, 5.41) is 20.1. The number of hydrogen-bond acceptors (Lipinski definition) is 4. The molecule has 1 unspecified atom stereocenters. The van der Waals surface area contributed by atoms with Gasteiger partial charge in [-0.05, 0) is 47.9 Å². The molecule has 146 valence electrons. The largest absolute Gasteiger partial charge is 0.508 e. The molecule has 0 amide bonds. The molecular weight excluding hydrogens is 384 g/mol. The molecule has 0 saturated carbocycles. The third-order valence-electron chi connectivity index (χ3n) is 5.24. The van der Waals surface area contributed by atoms with Crippen molar-refractivity contribution in [1.82, 2.24) is 0 Å². The minimum Gasteiger partial charge on any atom is -0.508 e. The molecule has 0 fully saturated rings. The Morgan fingerprint density at radius 3 is 2.10 bits per heavy atom. The zero-order chi connectivity index (χ0) is 20.5. The Kier molecular flexibility index (Phi) is 4.76. The highest BCUT2D eigenvalue weighted by molar-refractivity contribution is 7.92. The van der Waals surface area contributed by atoms with Gasteiger partial charge in [0.05, 0.1) is 4.90 Å². The van der Waals surface area contributed by atoms with Crippen molar-refractivity contribution in [3.05, 3.63) is 108 Å². The summed E-state index contributed by atoms with van der Waals surface area (Å²) in [7, 11) is -3.90. The minimum absolute atomic E-state index is 0.0145. The van der Waals surface area contributed by atoms with Gasteiger partial charge >= 0.3 is 0 Å². The van der Waals surface area contributed by atoms with Crippen LogP contribution in [-0.4, -0.2) is 18.6 Å². The van der Waals surface area contributed by atoms with Crippen molar-refractivity contribution in [1.29, 1.82) is 0 Å². The molecule has 0 spiro atoms. The standard InChI is InChI=1S/C24H20O4S/c25-20-13-15-24(16-14-20,19-9-5-2-6-10-19)29(27,28)21-11-12-23(26)22(17-21)18-7-3-1-4-8-18/h1-15,17,25-26H,16H2. The average Bonchev–Trinajstić information content (AvgIpc) is 2.76. The van der Waals surface area contributed by atoms with Crippen LogP contribution in [-0.2, 0) is 14.6 Å². The average molecular weight is 404 g/mol. The SMILES string of the molecule is O=S(=O)(c1ccc(O)c(-c2ccccc2)c1)C1(c2ccccc2)C=CC(O)=CC1. The number of benzene rings is 3. The molecule has 2 N–H and O–H groups in total. The van der Waals surface area contributed by atoms with Crippen LogP contribution in [0.1, 0.15) is 12.0 Å². The van der Waals surface area contributed by atoms with Crippen LogP contribution in [0.3, 0.4) is 0 Å². The number of aliphatic hydroxyl groups excluding tert-OH is 1. The summed E-state index contributed by atoms with van der Waals surface area (Å²) in [6.45, 7) is 0. The fourth-order valence-corrected chi connectivity index (χ4v) is 5.58. The maximum absolute atomic E-state index is 13.9. The fourth-order valence-electron chi connectivity index (χ4n) is 3.64. The summed E-state index contributed by atoms with van der Waals surface area (Å²) in [6.07, 6.45) is 4.60. The van der Waals surface area contributed by atoms with Crippen LogP contribution in [0.25, 0.3) is 11.1 Å². The van der Waals surface area contributed by atoms with E-state index in [2.05, 4.69) is 0 Å². The number of rotatable bonds is 4. The van der Waals surface area contributed by atoms with Crippen LogP contribution in [0.2, 0.25) is 0 Å². The first-order valence-electron chi connectivity index (χ1n) is 9.21. The molecule has 4 nitrogen and oxygen atoms in total. The van der Waals surface area contributed by atoms with Crippen LogP contribution in [0, 0.1) is 0 Å². The highest BCUT2D eigenvalue weighted by atomic mass is 32.2. The third kappa shape index (κ3) is 3.23. The normalized spacial score (nSPS) is 19.0. The van der Waals surface area contributed by atoms with E-state index in [1.807, 2.05) is 36.4 Å². The van der Waals surface area contributed by atoms with Gasteiger partial charge in [0.25, 0.3) is 0 Å². The van der Waals surface area contributed by atoms with Crippen LogP contribution in [0.15, 0.2) is 108 Å². The quantitative estimate of drug-likeness (QED) is 0.632. The third-order valence-corrected chi connectivity index (χ3v) is 7.61. The molecule has 0 bridgehead atoms. The van der Waals surface area contributed by atoms with Gasteiger partial charge in [-0.1, -0.05) is 66.7 Å². The van der Waals surface area contributed by atoms with E-state index in [0.29, 0.717) is 11.1 Å². The zero-order valence-corrected chi connectivity index (χ0v) is 16.4. The van der Waals surface area contributed by atoms with E-state index >= 15 is 0 Å². The Morgan fingerprint density at radius 1 is 0.828 bits per heavy atom. The Hall–Kier alpha value is -3.31. The second kappa shape index (κ2) is 7.26. The molecule has 0 aromatic heterocycles. The lowest BCUT2D eigenvalue weighted by Crippen LogP contribution is -2.35. The fraction of sp³-hybridized carbons (Fsp3) is 0.0833. The van der Waals surface area contributed by atoms with Gasteiger partial charge < -0.3 is 10.2 Å². The molecule has 0 radical (unpaired) electrons. The summed E-state index contributed by atoms with van der Waals surface area (Å²) >= 11 is 0. The Balaban J connectivity index is 1.90. The van der Waals surface area contributed by atoms with Crippen LogP contribution >= 0.6 is 0 Å². The van der Waals surface area contributed by atoms with Crippen molar-refractivity contribution in [2.24, 2.45) is 0 Å². The molecule has 29 heavy (non-hydrogen) atoms. The number of sulfone groups is 1. The molecule has 3 aromatic carbocycles. The molecule has 0 saturated heterocycles. The topological polar surface area (TPSA) is 74.6 Å². The van der Waals surface area contributed by atoms with E-state index in [-0.39, 0.29) is 22.8 Å². The van der Waals surface area contributed by atoms with Gasteiger partial charge in [-0.3, -0.25) is 0 Å². The van der Waals surface area contributed by atoms with Gasteiger partial charge in [-0.2, -0.15) is 0 Å². The molecule has 1 aliphatic carbocycles. The Labute approximate surface area is 170 Å². The van der Waals surface area contributed by atoms with E-state index in [1.54, 1.807) is 30.3 Å². The van der Waals surface area contributed by atoms with Gasteiger partial charge in [0.15, 0.2) is 9.84 Å². The van der Waals surface area contributed by atoms with Gasteiger partial charge in [0, 0.05) is 5.56 Å². The van der Waals surface area contributed by atoms with Gasteiger partial charge in [-0.25, -0.2) is 8.42 Å². The molecule has 1 aliphatic rings. The highest BCUT2D eigenvalue weighted by Crippen LogP contribution is 2.44. The monoisotopic (exact) mass is 404 g/mol. The number of aromatic hydroxyl groups is 1. The second-order valence-electron chi connectivity index (χ2n) is 6.97. The van der Waals surface area contributed by atoms with Crippen molar-refractivity contribution in [3.8, 4) is 16.9 Å². The van der Waals surface area contributed by atoms with Gasteiger partial charge in [-0.15, -0.1) is 0 Å². The van der Waals surface area contributed by atoms with Crippen molar-refractivity contribution in [2.75, 3.05) is 0 Å².